The van der Waals surface area contributed by atoms with Crippen LogP contribution in [-0.2, 0) is 4.79 Å². The van der Waals surface area contributed by atoms with Crippen LogP contribution in [0.1, 0.15) is 58.3 Å². The summed E-state index contributed by atoms with van der Waals surface area (Å²) in [6.07, 6.45) is 10.3. The van der Waals surface area contributed by atoms with Crippen molar-refractivity contribution in [2.75, 3.05) is 19.6 Å². The lowest BCUT2D eigenvalue weighted by atomic mass is 9.79. The molecule has 2 fully saturated rings. The minimum atomic E-state index is -0.746. The monoisotopic (exact) mass is 268 g/mol. The number of hydrogen-bond acceptors (Lipinski definition) is 3. The number of likely N-dealkylation sites (tertiary alicyclic amines) is 1. The summed E-state index contributed by atoms with van der Waals surface area (Å²) in [5.74, 6) is -0.746. The first-order valence-electron chi connectivity index (χ1n) is 7.85. The minimum Gasteiger partial charge on any atom is -0.480 e. The second kappa shape index (κ2) is 6.71. The minimum absolute atomic E-state index is 0.225. The molecule has 4 heteroatoms. The van der Waals surface area contributed by atoms with Crippen molar-refractivity contribution in [3.05, 3.63) is 0 Å². The SMILES string of the molecule is CC(NCC1(N2CCCCC2)CCCCC1)C(=O)O. The zero-order valence-corrected chi connectivity index (χ0v) is 12.2. The average Bonchev–Trinajstić information content (AvgIpc) is 2.46. The van der Waals surface area contributed by atoms with Crippen LogP contribution in [0.4, 0.5) is 0 Å². The molecule has 1 aliphatic heterocycles. The number of carboxylic acid groups (broad SMARTS) is 1. The van der Waals surface area contributed by atoms with E-state index in [1.807, 2.05) is 0 Å². The Morgan fingerprint density at radius 2 is 1.74 bits per heavy atom. The molecule has 0 spiro atoms. The quantitative estimate of drug-likeness (QED) is 0.803. The highest BCUT2D eigenvalue weighted by molar-refractivity contribution is 5.72. The van der Waals surface area contributed by atoms with Crippen LogP contribution < -0.4 is 5.32 Å². The maximum atomic E-state index is 11.0. The van der Waals surface area contributed by atoms with Crippen LogP contribution in [0.2, 0.25) is 0 Å². The van der Waals surface area contributed by atoms with Gasteiger partial charge >= 0.3 is 5.97 Å². The summed E-state index contributed by atoms with van der Waals surface area (Å²) in [5.41, 5.74) is 0.225. The molecule has 1 atom stereocenters. The van der Waals surface area contributed by atoms with E-state index in [9.17, 15) is 4.79 Å². The summed E-state index contributed by atoms with van der Waals surface area (Å²) in [6, 6.07) is -0.441. The van der Waals surface area contributed by atoms with Gasteiger partial charge in [-0.3, -0.25) is 9.69 Å². The summed E-state index contributed by atoms with van der Waals surface area (Å²) < 4.78 is 0. The molecule has 2 rings (SSSR count). The highest BCUT2D eigenvalue weighted by atomic mass is 16.4. The second-order valence-corrected chi connectivity index (χ2v) is 6.27. The van der Waals surface area contributed by atoms with Gasteiger partial charge in [-0.25, -0.2) is 0 Å². The van der Waals surface area contributed by atoms with Gasteiger partial charge in [-0.1, -0.05) is 25.7 Å². The van der Waals surface area contributed by atoms with E-state index >= 15 is 0 Å². The number of nitrogens with zero attached hydrogens (tertiary/aromatic N) is 1. The van der Waals surface area contributed by atoms with Gasteiger partial charge in [0.25, 0.3) is 0 Å². The summed E-state index contributed by atoms with van der Waals surface area (Å²) >= 11 is 0. The van der Waals surface area contributed by atoms with Gasteiger partial charge in [0.05, 0.1) is 0 Å². The first kappa shape index (κ1) is 14.8. The predicted molar refractivity (Wildman–Crippen MR) is 76.3 cm³/mol. The molecule has 0 radical (unpaired) electrons. The number of carbonyl (C=O) groups is 1. The first-order valence-corrected chi connectivity index (χ1v) is 7.85. The second-order valence-electron chi connectivity index (χ2n) is 6.27. The van der Waals surface area contributed by atoms with Crippen molar-refractivity contribution in [1.82, 2.24) is 10.2 Å². The third-order valence-electron chi connectivity index (χ3n) is 4.92. The van der Waals surface area contributed by atoms with Crippen LogP contribution >= 0.6 is 0 Å². The highest BCUT2D eigenvalue weighted by Gasteiger charge is 2.38. The molecule has 1 aliphatic carbocycles. The summed E-state index contributed by atoms with van der Waals surface area (Å²) in [5, 5.41) is 12.3. The van der Waals surface area contributed by atoms with Crippen molar-refractivity contribution in [3.63, 3.8) is 0 Å². The maximum absolute atomic E-state index is 11.0. The zero-order chi connectivity index (χ0) is 13.7. The molecule has 2 N–H and O–H groups in total. The van der Waals surface area contributed by atoms with Gasteiger partial charge in [0.1, 0.15) is 6.04 Å². The van der Waals surface area contributed by atoms with Gasteiger partial charge in [-0.05, 0) is 45.7 Å². The van der Waals surface area contributed by atoms with Crippen molar-refractivity contribution in [1.29, 1.82) is 0 Å². The topological polar surface area (TPSA) is 52.6 Å². The lowest BCUT2D eigenvalue weighted by Gasteiger charge is -2.48. The largest absolute Gasteiger partial charge is 0.480 e. The number of rotatable bonds is 5. The van der Waals surface area contributed by atoms with Crippen LogP contribution in [0.5, 0.6) is 0 Å². The van der Waals surface area contributed by atoms with Gasteiger partial charge < -0.3 is 10.4 Å². The fraction of sp³-hybridized carbons (Fsp3) is 0.933. The van der Waals surface area contributed by atoms with Crippen LogP contribution in [-0.4, -0.2) is 47.2 Å². The first-order chi connectivity index (χ1) is 9.14. The van der Waals surface area contributed by atoms with Crippen LogP contribution in [0.3, 0.4) is 0 Å². The maximum Gasteiger partial charge on any atom is 0.320 e. The molecular formula is C15H28N2O2. The van der Waals surface area contributed by atoms with E-state index in [-0.39, 0.29) is 5.54 Å². The van der Waals surface area contributed by atoms with E-state index in [4.69, 9.17) is 5.11 Å². The molecule has 1 unspecified atom stereocenters. The van der Waals surface area contributed by atoms with Crippen molar-refractivity contribution < 1.29 is 9.90 Å². The van der Waals surface area contributed by atoms with Crippen LogP contribution in [0, 0.1) is 0 Å². The molecule has 0 bridgehead atoms. The Kier molecular flexibility index (Phi) is 5.22. The standard InChI is InChI=1S/C15H28N2O2/c1-13(14(18)19)16-12-15(8-4-2-5-9-15)17-10-6-3-7-11-17/h13,16H,2-12H2,1H3,(H,18,19). The zero-order valence-electron chi connectivity index (χ0n) is 12.2. The van der Waals surface area contributed by atoms with Gasteiger partial charge in [0.15, 0.2) is 0 Å². The summed E-state index contributed by atoms with van der Waals surface area (Å²) in [4.78, 5) is 13.6. The van der Waals surface area contributed by atoms with E-state index in [2.05, 4.69) is 10.2 Å². The van der Waals surface area contributed by atoms with Crippen molar-refractivity contribution in [2.24, 2.45) is 0 Å². The van der Waals surface area contributed by atoms with Crippen molar-refractivity contribution in [3.8, 4) is 0 Å². The Morgan fingerprint density at radius 3 is 2.32 bits per heavy atom. The van der Waals surface area contributed by atoms with Crippen LogP contribution in [0.15, 0.2) is 0 Å². The third-order valence-corrected chi connectivity index (χ3v) is 4.92. The predicted octanol–water partition coefficient (Wildman–Crippen LogP) is 2.24. The molecule has 0 amide bonds. The van der Waals surface area contributed by atoms with Gasteiger partial charge in [-0.2, -0.15) is 0 Å². The lowest BCUT2D eigenvalue weighted by molar-refractivity contribution is -0.139. The van der Waals surface area contributed by atoms with Crippen LogP contribution in [0.25, 0.3) is 0 Å². The Morgan fingerprint density at radius 1 is 1.16 bits per heavy atom. The fourth-order valence-electron chi connectivity index (χ4n) is 3.61. The van der Waals surface area contributed by atoms with E-state index in [1.165, 1.54) is 64.5 Å². The summed E-state index contributed by atoms with van der Waals surface area (Å²) in [6.45, 7) is 4.97. The molecule has 1 saturated carbocycles. The number of nitrogens with one attached hydrogen (secondary N) is 1. The Hall–Kier alpha value is -0.610. The number of hydrogen-bond donors (Lipinski definition) is 2. The van der Waals surface area contributed by atoms with E-state index < -0.39 is 12.0 Å². The van der Waals surface area contributed by atoms with E-state index in [1.54, 1.807) is 6.92 Å². The Labute approximate surface area is 116 Å². The van der Waals surface area contributed by atoms with Gasteiger partial charge in [0.2, 0.25) is 0 Å². The molecule has 0 aromatic heterocycles. The molecule has 110 valence electrons. The lowest BCUT2D eigenvalue weighted by Crippen LogP contribution is -2.58. The normalized spacial score (nSPS) is 25.9. The molecule has 1 heterocycles. The fourth-order valence-corrected chi connectivity index (χ4v) is 3.61. The molecule has 2 aliphatic rings. The van der Waals surface area contributed by atoms with Crippen molar-refractivity contribution >= 4 is 5.97 Å². The molecule has 0 aromatic rings. The molecule has 19 heavy (non-hydrogen) atoms. The van der Waals surface area contributed by atoms with E-state index in [0.29, 0.717) is 0 Å². The molecular weight excluding hydrogens is 240 g/mol. The molecule has 1 saturated heterocycles. The highest BCUT2D eigenvalue weighted by Crippen LogP contribution is 2.35. The molecule has 0 aromatic carbocycles. The van der Waals surface area contributed by atoms with Gasteiger partial charge in [-0.15, -0.1) is 0 Å². The summed E-state index contributed by atoms with van der Waals surface area (Å²) in [7, 11) is 0. The average molecular weight is 268 g/mol. The Bertz CT molecular complexity index is 295. The smallest absolute Gasteiger partial charge is 0.320 e. The van der Waals surface area contributed by atoms with Crippen molar-refractivity contribution in [2.45, 2.75) is 69.9 Å². The number of aliphatic carboxylic acids is 1. The number of carboxylic acids is 1. The van der Waals surface area contributed by atoms with E-state index in [0.717, 1.165) is 6.54 Å². The Balaban J connectivity index is 1.99. The molecule has 4 nitrogen and oxygen atoms in total. The third kappa shape index (κ3) is 3.69. The van der Waals surface area contributed by atoms with Gasteiger partial charge in [0, 0.05) is 12.1 Å². The number of piperidine rings is 1.